The van der Waals surface area contributed by atoms with Gasteiger partial charge in [-0.1, -0.05) is 19.8 Å². The predicted octanol–water partition coefficient (Wildman–Crippen LogP) is 3.42. The van der Waals surface area contributed by atoms with Crippen molar-refractivity contribution < 1.29 is 9.18 Å². The van der Waals surface area contributed by atoms with E-state index in [2.05, 4.69) is 12.2 Å². The third-order valence-electron chi connectivity index (χ3n) is 4.56. The van der Waals surface area contributed by atoms with Crippen LogP contribution < -0.4 is 11.1 Å². The summed E-state index contributed by atoms with van der Waals surface area (Å²) in [5, 5.41) is 2.89. The molecule has 20 heavy (non-hydrogen) atoms. The molecule has 0 unspecified atom stereocenters. The number of hydrogen-bond donors (Lipinski definition) is 2. The molecule has 0 heterocycles. The topological polar surface area (TPSA) is 55.1 Å². The monoisotopic (exact) mass is 278 g/mol. The van der Waals surface area contributed by atoms with Crippen molar-refractivity contribution in [3.8, 4) is 0 Å². The normalized spacial score (nSPS) is 17.1. The summed E-state index contributed by atoms with van der Waals surface area (Å²) in [7, 11) is 0. The van der Waals surface area contributed by atoms with Gasteiger partial charge in [0.25, 0.3) is 5.91 Å². The summed E-state index contributed by atoms with van der Waals surface area (Å²) in [4.78, 5) is 12.2. The Kier molecular flexibility index (Phi) is 4.31. The lowest BCUT2D eigenvalue weighted by Gasteiger charge is -2.27. The van der Waals surface area contributed by atoms with Crippen molar-refractivity contribution >= 4 is 11.6 Å². The number of amides is 1. The minimum absolute atomic E-state index is 0.0479. The lowest BCUT2D eigenvalue weighted by Crippen LogP contribution is -2.36. The van der Waals surface area contributed by atoms with Crippen LogP contribution in [0.3, 0.4) is 0 Å². The summed E-state index contributed by atoms with van der Waals surface area (Å²) in [6.07, 6.45) is 5.76. The Morgan fingerprint density at radius 1 is 1.40 bits per heavy atom. The summed E-state index contributed by atoms with van der Waals surface area (Å²) >= 11 is 0. The maximum absolute atomic E-state index is 14.0. The zero-order valence-corrected chi connectivity index (χ0v) is 12.3. The van der Waals surface area contributed by atoms with E-state index in [-0.39, 0.29) is 16.9 Å². The molecular weight excluding hydrogens is 255 g/mol. The van der Waals surface area contributed by atoms with Crippen LogP contribution >= 0.6 is 0 Å². The van der Waals surface area contributed by atoms with Crippen molar-refractivity contribution in [1.29, 1.82) is 0 Å². The van der Waals surface area contributed by atoms with Gasteiger partial charge in [0, 0.05) is 12.2 Å². The zero-order chi connectivity index (χ0) is 14.8. The number of aryl methyl sites for hydroxylation is 1. The first-order valence-electron chi connectivity index (χ1n) is 7.31. The molecule has 1 fully saturated rings. The Morgan fingerprint density at radius 3 is 2.65 bits per heavy atom. The lowest BCUT2D eigenvalue weighted by molar-refractivity contribution is 0.0924. The standard InChI is InChI=1S/C16H23FN2O/c1-3-16(6-4-5-7-16)10-19-15(20)13-9-12(18)8-11(2)14(13)17/h8-9H,3-7,10,18H2,1-2H3,(H,19,20). The highest BCUT2D eigenvalue weighted by Gasteiger charge is 2.32. The molecule has 0 bridgehead atoms. The van der Waals surface area contributed by atoms with Gasteiger partial charge in [-0.25, -0.2) is 4.39 Å². The van der Waals surface area contributed by atoms with Gasteiger partial charge < -0.3 is 11.1 Å². The SMILES string of the molecule is CCC1(CNC(=O)c2cc(N)cc(C)c2F)CCCC1. The van der Waals surface area contributed by atoms with E-state index in [1.165, 1.54) is 25.0 Å². The van der Waals surface area contributed by atoms with E-state index >= 15 is 0 Å². The molecule has 0 aromatic heterocycles. The molecule has 4 heteroatoms. The van der Waals surface area contributed by atoms with Gasteiger partial charge in [-0.15, -0.1) is 0 Å². The van der Waals surface area contributed by atoms with Gasteiger partial charge in [-0.05, 0) is 49.3 Å². The van der Waals surface area contributed by atoms with E-state index in [9.17, 15) is 9.18 Å². The molecule has 110 valence electrons. The molecule has 0 saturated heterocycles. The number of carbonyl (C=O) groups is 1. The van der Waals surface area contributed by atoms with Gasteiger partial charge in [-0.3, -0.25) is 4.79 Å². The molecule has 0 atom stereocenters. The molecule has 1 aromatic rings. The van der Waals surface area contributed by atoms with Crippen LogP contribution in [0.4, 0.5) is 10.1 Å². The number of benzene rings is 1. The van der Waals surface area contributed by atoms with Gasteiger partial charge >= 0.3 is 0 Å². The Bertz CT molecular complexity index is 507. The van der Waals surface area contributed by atoms with Crippen molar-refractivity contribution in [2.24, 2.45) is 5.41 Å². The summed E-state index contributed by atoms with van der Waals surface area (Å²) in [5.41, 5.74) is 6.75. The number of nitrogens with two attached hydrogens (primary N) is 1. The lowest BCUT2D eigenvalue weighted by atomic mass is 9.83. The van der Waals surface area contributed by atoms with Gasteiger partial charge in [0.05, 0.1) is 5.56 Å². The van der Waals surface area contributed by atoms with Crippen molar-refractivity contribution in [1.82, 2.24) is 5.32 Å². The highest BCUT2D eigenvalue weighted by molar-refractivity contribution is 5.95. The average Bonchev–Trinajstić information content (AvgIpc) is 2.89. The second-order valence-corrected chi connectivity index (χ2v) is 5.94. The van der Waals surface area contributed by atoms with Crippen molar-refractivity contribution in [2.75, 3.05) is 12.3 Å². The van der Waals surface area contributed by atoms with Crippen LogP contribution in [0.25, 0.3) is 0 Å². The molecule has 0 radical (unpaired) electrons. The summed E-state index contributed by atoms with van der Waals surface area (Å²) < 4.78 is 14.0. The number of anilines is 1. The van der Waals surface area contributed by atoms with Crippen LogP contribution in [0.5, 0.6) is 0 Å². The molecule has 2 rings (SSSR count). The van der Waals surface area contributed by atoms with Crippen LogP contribution in [0.2, 0.25) is 0 Å². The highest BCUT2D eigenvalue weighted by atomic mass is 19.1. The predicted molar refractivity (Wildman–Crippen MR) is 79.1 cm³/mol. The van der Waals surface area contributed by atoms with Crippen molar-refractivity contribution in [3.05, 3.63) is 29.1 Å². The average molecular weight is 278 g/mol. The number of nitrogen functional groups attached to an aromatic ring is 1. The highest BCUT2D eigenvalue weighted by Crippen LogP contribution is 2.40. The minimum atomic E-state index is -0.478. The smallest absolute Gasteiger partial charge is 0.254 e. The first-order valence-corrected chi connectivity index (χ1v) is 7.31. The maximum atomic E-state index is 14.0. The van der Waals surface area contributed by atoms with E-state index < -0.39 is 5.82 Å². The first kappa shape index (κ1) is 14.8. The Balaban J connectivity index is 2.09. The van der Waals surface area contributed by atoms with E-state index in [1.807, 2.05) is 0 Å². The van der Waals surface area contributed by atoms with Crippen LogP contribution in [-0.4, -0.2) is 12.5 Å². The number of hydrogen-bond acceptors (Lipinski definition) is 2. The summed E-state index contributed by atoms with van der Waals surface area (Å²) in [6.45, 7) is 4.39. The van der Waals surface area contributed by atoms with Crippen LogP contribution in [0.1, 0.15) is 54.9 Å². The van der Waals surface area contributed by atoms with Crippen molar-refractivity contribution in [2.45, 2.75) is 46.0 Å². The van der Waals surface area contributed by atoms with E-state index in [4.69, 9.17) is 5.73 Å². The third-order valence-corrected chi connectivity index (χ3v) is 4.56. The largest absolute Gasteiger partial charge is 0.399 e. The maximum Gasteiger partial charge on any atom is 0.254 e. The fraction of sp³-hybridized carbons (Fsp3) is 0.562. The zero-order valence-electron chi connectivity index (χ0n) is 12.3. The number of carbonyl (C=O) groups excluding carboxylic acids is 1. The molecule has 1 amide bonds. The molecule has 1 aliphatic rings. The van der Waals surface area contributed by atoms with Crippen LogP contribution in [0, 0.1) is 18.2 Å². The van der Waals surface area contributed by atoms with Crippen LogP contribution in [0.15, 0.2) is 12.1 Å². The van der Waals surface area contributed by atoms with Gasteiger partial charge in [0.15, 0.2) is 0 Å². The molecule has 3 N–H and O–H groups in total. The van der Waals surface area contributed by atoms with E-state index in [0.29, 0.717) is 17.8 Å². The molecular formula is C16H23FN2O. The fourth-order valence-corrected chi connectivity index (χ4v) is 3.11. The quantitative estimate of drug-likeness (QED) is 0.829. The van der Waals surface area contributed by atoms with Gasteiger partial charge in [0.2, 0.25) is 0 Å². The second kappa shape index (κ2) is 5.81. The fourth-order valence-electron chi connectivity index (χ4n) is 3.11. The molecule has 1 saturated carbocycles. The minimum Gasteiger partial charge on any atom is -0.399 e. The molecule has 0 spiro atoms. The first-order chi connectivity index (χ1) is 9.47. The Morgan fingerprint density at radius 2 is 2.05 bits per heavy atom. The van der Waals surface area contributed by atoms with Gasteiger partial charge in [-0.2, -0.15) is 0 Å². The molecule has 0 aliphatic heterocycles. The third kappa shape index (κ3) is 2.94. The van der Waals surface area contributed by atoms with Crippen molar-refractivity contribution in [3.63, 3.8) is 0 Å². The summed E-state index contributed by atoms with van der Waals surface area (Å²) in [5.74, 6) is -0.841. The van der Waals surface area contributed by atoms with Crippen LogP contribution in [-0.2, 0) is 0 Å². The molecule has 1 aliphatic carbocycles. The number of halogens is 1. The Labute approximate surface area is 119 Å². The Hall–Kier alpha value is -1.58. The molecule has 3 nitrogen and oxygen atoms in total. The van der Waals surface area contributed by atoms with Gasteiger partial charge in [0.1, 0.15) is 5.82 Å². The van der Waals surface area contributed by atoms with E-state index in [0.717, 1.165) is 19.3 Å². The number of rotatable bonds is 4. The second-order valence-electron chi connectivity index (χ2n) is 5.94. The summed E-state index contributed by atoms with van der Waals surface area (Å²) in [6, 6.07) is 2.95. The number of nitrogens with one attached hydrogen (secondary N) is 1. The van der Waals surface area contributed by atoms with E-state index in [1.54, 1.807) is 6.92 Å². The molecule has 1 aromatic carbocycles.